The van der Waals surface area contributed by atoms with Crippen LogP contribution >= 0.6 is 0 Å². The van der Waals surface area contributed by atoms with Gasteiger partial charge < -0.3 is 15.4 Å². The van der Waals surface area contributed by atoms with Crippen molar-refractivity contribution in [1.82, 2.24) is 10.6 Å². The van der Waals surface area contributed by atoms with Crippen LogP contribution in [0.2, 0.25) is 0 Å². The van der Waals surface area contributed by atoms with E-state index in [4.69, 9.17) is 4.74 Å². The van der Waals surface area contributed by atoms with E-state index in [0.717, 1.165) is 25.3 Å². The summed E-state index contributed by atoms with van der Waals surface area (Å²) in [7, 11) is 0. The van der Waals surface area contributed by atoms with Crippen LogP contribution in [0.3, 0.4) is 0 Å². The van der Waals surface area contributed by atoms with E-state index in [0.29, 0.717) is 12.6 Å². The summed E-state index contributed by atoms with van der Waals surface area (Å²) in [5.74, 6) is 0.999. The zero-order valence-corrected chi connectivity index (χ0v) is 12.3. The topological polar surface area (TPSA) is 50.4 Å². The van der Waals surface area contributed by atoms with E-state index < -0.39 is 0 Å². The molecule has 2 fully saturated rings. The molecule has 0 radical (unpaired) electrons. The van der Waals surface area contributed by atoms with Crippen molar-refractivity contribution in [3.05, 3.63) is 0 Å². The third kappa shape index (κ3) is 4.18. The zero-order valence-electron chi connectivity index (χ0n) is 12.3. The lowest BCUT2D eigenvalue weighted by Gasteiger charge is -2.33. The van der Waals surface area contributed by atoms with Gasteiger partial charge in [0.05, 0.1) is 12.7 Å². The number of amides is 1. The van der Waals surface area contributed by atoms with Gasteiger partial charge in [-0.1, -0.05) is 19.8 Å². The highest BCUT2D eigenvalue weighted by Gasteiger charge is 2.30. The summed E-state index contributed by atoms with van der Waals surface area (Å²) in [5, 5.41) is 6.45. The highest BCUT2D eigenvalue weighted by atomic mass is 16.5. The molecule has 1 heterocycles. The predicted molar refractivity (Wildman–Crippen MR) is 76.0 cm³/mol. The van der Waals surface area contributed by atoms with Crippen LogP contribution in [-0.2, 0) is 9.53 Å². The Kier molecular flexibility index (Phi) is 5.64. The van der Waals surface area contributed by atoms with Crippen molar-refractivity contribution in [2.75, 3.05) is 13.2 Å². The molecule has 1 saturated carbocycles. The van der Waals surface area contributed by atoms with Crippen molar-refractivity contribution < 1.29 is 9.53 Å². The van der Waals surface area contributed by atoms with Gasteiger partial charge in [-0.25, -0.2) is 0 Å². The molecule has 19 heavy (non-hydrogen) atoms. The number of ether oxygens (including phenoxy) is 1. The summed E-state index contributed by atoms with van der Waals surface area (Å²) in [5.41, 5.74) is 0. The SMILES string of the molecule is CCCC1CCC(NC(=O)[C@H]2NCCO[C@@H]2C)CC1. The Morgan fingerprint density at radius 3 is 2.68 bits per heavy atom. The summed E-state index contributed by atoms with van der Waals surface area (Å²) in [4.78, 5) is 12.2. The largest absolute Gasteiger partial charge is 0.375 e. The molecule has 1 aliphatic carbocycles. The third-order valence-corrected chi connectivity index (χ3v) is 4.49. The molecule has 110 valence electrons. The molecule has 0 spiro atoms. The zero-order chi connectivity index (χ0) is 13.7. The molecule has 4 heteroatoms. The minimum absolute atomic E-state index is 0.0230. The molecule has 0 unspecified atom stereocenters. The summed E-state index contributed by atoms with van der Waals surface area (Å²) >= 11 is 0. The second-order valence-corrected chi connectivity index (χ2v) is 6.02. The fraction of sp³-hybridized carbons (Fsp3) is 0.933. The number of hydrogen-bond donors (Lipinski definition) is 2. The quantitative estimate of drug-likeness (QED) is 0.818. The Morgan fingerprint density at radius 1 is 1.32 bits per heavy atom. The van der Waals surface area contributed by atoms with Crippen LogP contribution in [0.15, 0.2) is 0 Å². The molecule has 2 atom stereocenters. The molecule has 4 nitrogen and oxygen atoms in total. The van der Waals surface area contributed by atoms with Crippen LogP contribution in [0.5, 0.6) is 0 Å². The first-order valence-corrected chi connectivity index (χ1v) is 7.86. The average Bonchev–Trinajstić information content (AvgIpc) is 2.42. The number of hydrogen-bond acceptors (Lipinski definition) is 3. The molecule has 2 N–H and O–H groups in total. The molecule has 1 saturated heterocycles. The van der Waals surface area contributed by atoms with E-state index >= 15 is 0 Å². The van der Waals surface area contributed by atoms with Gasteiger partial charge in [0.1, 0.15) is 6.04 Å². The highest BCUT2D eigenvalue weighted by molar-refractivity contribution is 5.82. The van der Waals surface area contributed by atoms with Gasteiger partial charge in [0, 0.05) is 12.6 Å². The van der Waals surface area contributed by atoms with Gasteiger partial charge in [-0.2, -0.15) is 0 Å². The van der Waals surface area contributed by atoms with Gasteiger partial charge in [-0.05, 0) is 38.5 Å². The first-order valence-electron chi connectivity index (χ1n) is 7.86. The standard InChI is InChI=1S/C15H28N2O2/c1-3-4-12-5-7-13(8-6-12)17-15(18)14-11(2)19-10-9-16-14/h11-14,16H,3-10H2,1-2H3,(H,17,18)/t11-,12?,13?,14+/m1/s1. The lowest BCUT2D eigenvalue weighted by Crippen LogP contribution is -2.57. The smallest absolute Gasteiger partial charge is 0.240 e. The van der Waals surface area contributed by atoms with Gasteiger partial charge in [0.2, 0.25) is 5.91 Å². The second kappa shape index (κ2) is 7.25. The Balaban J connectivity index is 1.74. The van der Waals surface area contributed by atoms with E-state index in [1.54, 1.807) is 0 Å². The highest BCUT2D eigenvalue weighted by Crippen LogP contribution is 2.27. The van der Waals surface area contributed by atoms with Crippen LogP contribution in [-0.4, -0.2) is 37.2 Å². The van der Waals surface area contributed by atoms with Crippen molar-refractivity contribution in [1.29, 1.82) is 0 Å². The lowest BCUT2D eigenvalue weighted by atomic mass is 9.83. The number of nitrogens with one attached hydrogen (secondary N) is 2. The molecule has 0 aromatic rings. The fourth-order valence-corrected chi connectivity index (χ4v) is 3.32. The Morgan fingerprint density at radius 2 is 2.05 bits per heavy atom. The number of morpholine rings is 1. The summed E-state index contributed by atoms with van der Waals surface area (Å²) < 4.78 is 5.53. The van der Waals surface area contributed by atoms with Gasteiger partial charge in [-0.15, -0.1) is 0 Å². The normalized spacial score (nSPS) is 35.9. The van der Waals surface area contributed by atoms with Gasteiger partial charge in [0.25, 0.3) is 0 Å². The Labute approximate surface area is 116 Å². The van der Waals surface area contributed by atoms with Gasteiger partial charge in [0.15, 0.2) is 0 Å². The average molecular weight is 268 g/mol. The van der Waals surface area contributed by atoms with Crippen molar-refractivity contribution in [2.24, 2.45) is 5.92 Å². The monoisotopic (exact) mass is 268 g/mol. The number of carbonyl (C=O) groups excluding carboxylic acids is 1. The van der Waals surface area contributed by atoms with E-state index in [9.17, 15) is 4.79 Å². The summed E-state index contributed by atoms with van der Waals surface area (Å²) in [6.45, 7) is 5.69. The fourth-order valence-electron chi connectivity index (χ4n) is 3.32. The van der Waals surface area contributed by atoms with E-state index in [-0.39, 0.29) is 18.1 Å². The first kappa shape index (κ1) is 14.8. The van der Waals surface area contributed by atoms with Gasteiger partial charge in [-0.3, -0.25) is 4.79 Å². The third-order valence-electron chi connectivity index (χ3n) is 4.49. The van der Waals surface area contributed by atoms with Crippen molar-refractivity contribution in [3.8, 4) is 0 Å². The van der Waals surface area contributed by atoms with E-state index in [2.05, 4.69) is 17.6 Å². The Bertz CT molecular complexity index is 288. The minimum atomic E-state index is -0.179. The molecule has 2 aliphatic rings. The first-order chi connectivity index (χ1) is 9.20. The molecule has 0 bridgehead atoms. The molecule has 1 amide bonds. The number of carbonyl (C=O) groups is 1. The van der Waals surface area contributed by atoms with Crippen LogP contribution in [0.25, 0.3) is 0 Å². The van der Waals surface area contributed by atoms with Crippen molar-refractivity contribution in [3.63, 3.8) is 0 Å². The lowest BCUT2D eigenvalue weighted by molar-refractivity contribution is -0.129. The van der Waals surface area contributed by atoms with Crippen LogP contribution in [0.1, 0.15) is 52.4 Å². The maximum Gasteiger partial charge on any atom is 0.240 e. The maximum absolute atomic E-state index is 12.2. The van der Waals surface area contributed by atoms with Crippen LogP contribution in [0.4, 0.5) is 0 Å². The maximum atomic E-state index is 12.2. The Hall–Kier alpha value is -0.610. The summed E-state index contributed by atoms with van der Waals surface area (Å²) in [6.07, 6.45) is 7.41. The van der Waals surface area contributed by atoms with Crippen LogP contribution < -0.4 is 10.6 Å². The number of rotatable bonds is 4. The van der Waals surface area contributed by atoms with Crippen LogP contribution in [0, 0.1) is 5.92 Å². The molecule has 2 rings (SSSR count). The van der Waals surface area contributed by atoms with Gasteiger partial charge >= 0.3 is 0 Å². The molecular weight excluding hydrogens is 240 g/mol. The summed E-state index contributed by atoms with van der Waals surface area (Å²) in [6, 6.07) is 0.193. The molecule has 0 aromatic heterocycles. The van der Waals surface area contributed by atoms with Crippen molar-refractivity contribution in [2.45, 2.75) is 70.6 Å². The molecular formula is C15H28N2O2. The minimum Gasteiger partial charge on any atom is -0.375 e. The van der Waals surface area contributed by atoms with E-state index in [1.165, 1.54) is 25.7 Å². The predicted octanol–water partition coefficient (Wildman–Crippen LogP) is 1.84. The van der Waals surface area contributed by atoms with Crippen molar-refractivity contribution >= 4 is 5.91 Å². The molecule has 1 aliphatic heterocycles. The van der Waals surface area contributed by atoms with E-state index in [1.807, 2.05) is 6.92 Å². The molecule has 0 aromatic carbocycles. The second-order valence-electron chi connectivity index (χ2n) is 6.02.